The second kappa shape index (κ2) is 6.37. The van der Waals surface area contributed by atoms with Crippen LogP contribution in [-0.2, 0) is 11.2 Å². The molecule has 0 aromatic heterocycles. The number of nitro benzene ring substituents is 1. The summed E-state index contributed by atoms with van der Waals surface area (Å²) in [6, 6.07) is 4.86. The number of thioether (sulfide) groups is 1. The summed E-state index contributed by atoms with van der Waals surface area (Å²) in [6.45, 7) is 1.52. The summed E-state index contributed by atoms with van der Waals surface area (Å²) in [5.74, 6) is -0.588. The second-order valence-electron chi connectivity index (χ2n) is 4.68. The van der Waals surface area contributed by atoms with Crippen LogP contribution < -0.4 is 5.73 Å². The minimum atomic E-state index is -0.588. The maximum atomic E-state index is 11.2. The fourth-order valence-electron chi connectivity index (χ4n) is 2.38. The van der Waals surface area contributed by atoms with E-state index in [4.69, 9.17) is 5.73 Å². The zero-order valence-electron chi connectivity index (χ0n) is 11.4. The molecule has 7 nitrogen and oxygen atoms in total. The molecule has 1 amide bonds. The van der Waals surface area contributed by atoms with E-state index in [-0.39, 0.29) is 24.5 Å². The minimum Gasteiger partial charge on any atom is -0.369 e. The number of nitro groups is 1. The van der Waals surface area contributed by atoms with Crippen molar-refractivity contribution in [3.8, 4) is 0 Å². The Balaban J connectivity index is 0.00000176. The first kappa shape index (κ1) is 16.3. The molecule has 0 unspecified atom stereocenters. The molecule has 3 rings (SSSR count). The first-order valence-corrected chi connectivity index (χ1v) is 7.19. The second-order valence-corrected chi connectivity index (χ2v) is 5.52. The van der Waals surface area contributed by atoms with Gasteiger partial charge in [0.05, 0.1) is 23.6 Å². The van der Waals surface area contributed by atoms with E-state index in [0.717, 1.165) is 29.5 Å². The number of amidine groups is 1. The van der Waals surface area contributed by atoms with Crippen LogP contribution in [0.4, 0.5) is 5.69 Å². The fourth-order valence-corrected chi connectivity index (χ4v) is 3.34. The first-order chi connectivity index (χ1) is 10.1. The van der Waals surface area contributed by atoms with E-state index in [1.165, 1.54) is 17.8 Å². The Hall–Kier alpha value is -2.06. The average molecular weight is 341 g/mol. The summed E-state index contributed by atoms with van der Waals surface area (Å²) in [6.07, 6.45) is -0.138. The van der Waals surface area contributed by atoms with E-state index >= 15 is 0 Å². The van der Waals surface area contributed by atoms with Crippen LogP contribution in [0.3, 0.4) is 0 Å². The maximum absolute atomic E-state index is 11.2. The van der Waals surface area contributed by atoms with Gasteiger partial charge in [0.1, 0.15) is 0 Å². The predicted octanol–water partition coefficient (Wildman–Crippen LogP) is 1.76. The summed E-state index contributed by atoms with van der Waals surface area (Å²) < 4.78 is 0. The molecule has 2 aliphatic heterocycles. The predicted molar refractivity (Wildman–Crippen MR) is 87.8 cm³/mol. The number of primary amides is 1. The van der Waals surface area contributed by atoms with Gasteiger partial charge in [-0.25, -0.2) is 0 Å². The highest BCUT2D eigenvalue weighted by Crippen LogP contribution is 2.36. The molecule has 0 atom stereocenters. The van der Waals surface area contributed by atoms with Crippen molar-refractivity contribution in [2.45, 2.75) is 6.42 Å². The molecule has 9 heteroatoms. The van der Waals surface area contributed by atoms with Crippen molar-refractivity contribution in [1.82, 2.24) is 4.90 Å². The van der Waals surface area contributed by atoms with Crippen LogP contribution >= 0.6 is 24.2 Å². The molecule has 22 heavy (non-hydrogen) atoms. The topological polar surface area (TPSA) is 102 Å². The van der Waals surface area contributed by atoms with Gasteiger partial charge < -0.3 is 10.6 Å². The van der Waals surface area contributed by atoms with Crippen LogP contribution in [0.15, 0.2) is 28.6 Å². The van der Waals surface area contributed by atoms with E-state index < -0.39 is 10.8 Å². The number of nitrogens with zero attached hydrogens (tertiary/aromatic N) is 3. The monoisotopic (exact) mass is 340 g/mol. The van der Waals surface area contributed by atoms with Crippen LogP contribution in [0.1, 0.15) is 11.1 Å². The lowest BCUT2D eigenvalue weighted by Gasteiger charge is -2.16. The largest absolute Gasteiger partial charge is 0.369 e. The average Bonchev–Trinajstić information content (AvgIpc) is 3.01. The van der Waals surface area contributed by atoms with Crippen molar-refractivity contribution in [3.63, 3.8) is 0 Å². The number of hydrogen-bond acceptors (Lipinski definition) is 6. The van der Waals surface area contributed by atoms with Gasteiger partial charge in [0, 0.05) is 29.1 Å². The third-order valence-corrected chi connectivity index (χ3v) is 4.21. The lowest BCUT2D eigenvalue weighted by atomic mass is 10.0. The molecule has 0 saturated carbocycles. The van der Waals surface area contributed by atoms with Crippen molar-refractivity contribution in [2.24, 2.45) is 10.7 Å². The zero-order valence-corrected chi connectivity index (χ0v) is 13.0. The van der Waals surface area contributed by atoms with Crippen molar-refractivity contribution < 1.29 is 9.72 Å². The Morgan fingerprint density at radius 2 is 2.27 bits per heavy atom. The number of nitrogens with two attached hydrogens (primary N) is 1. The zero-order chi connectivity index (χ0) is 15.0. The van der Waals surface area contributed by atoms with E-state index in [0.29, 0.717) is 5.56 Å². The van der Waals surface area contributed by atoms with Crippen LogP contribution in [0.25, 0.3) is 5.70 Å². The van der Waals surface area contributed by atoms with Gasteiger partial charge in [-0.1, -0.05) is 23.9 Å². The number of halogens is 1. The third-order valence-electron chi connectivity index (χ3n) is 3.31. The molecule has 2 aliphatic rings. The van der Waals surface area contributed by atoms with Gasteiger partial charge in [0.15, 0.2) is 5.17 Å². The van der Waals surface area contributed by atoms with Gasteiger partial charge in [-0.3, -0.25) is 19.9 Å². The van der Waals surface area contributed by atoms with Crippen molar-refractivity contribution in [1.29, 1.82) is 0 Å². The smallest absolute Gasteiger partial charge is 0.273 e. The number of aliphatic imine (C=N–C) groups is 1. The summed E-state index contributed by atoms with van der Waals surface area (Å²) in [4.78, 5) is 28.1. The fraction of sp³-hybridized carbons (Fsp3) is 0.231. The summed E-state index contributed by atoms with van der Waals surface area (Å²) >= 11 is 1.51. The highest BCUT2D eigenvalue weighted by atomic mass is 35.5. The van der Waals surface area contributed by atoms with Gasteiger partial charge in [-0.2, -0.15) is 0 Å². The lowest BCUT2D eigenvalue weighted by Crippen LogP contribution is -2.20. The molecular formula is C13H13ClN4O3S. The van der Waals surface area contributed by atoms with Crippen LogP contribution in [-0.4, -0.2) is 34.0 Å². The van der Waals surface area contributed by atoms with Gasteiger partial charge >= 0.3 is 0 Å². The van der Waals surface area contributed by atoms with Crippen LogP contribution in [0.2, 0.25) is 0 Å². The van der Waals surface area contributed by atoms with Gasteiger partial charge in [-0.05, 0) is 0 Å². The highest BCUT2D eigenvalue weighted by Gasteiger charge is 2.28. The Morgan fingerprint density at radius 1 is 1.50 bits per heavy atom. The first-order valence-electron chi connectivity index (χ1n) is 6.31. The molecule has 1 aromatic rings. The maximum Gasteiger partial charge on any atom is 0.273 e. The molecule has 1 aromatic carbocycles. The van der Waals surface area contributed by atoms with Crippen molar-refractivity contribution in [3.05, 3.63) is 44.8 Å². The molecule has 0 bridgehead atoms. The summed E-state index contributed by atoms with van der Waals surface area (Å²) in [5, 5.41) is 14.0. The minimum absolute atomic E-state index is 0. The van der Waals surface area contributed by atoms with Crippen molar-refractivity contribution in [2.75, 3.05) is 13.1 Å². The molecule has 2 N–H and O–H groups in total. The molecule has 0 saturated heterocycles. The number of carbonyl (C=O) groups excluding carboxylic acids is 1. The van der Waals surface area contributed by atoms with E-state index in [2.05, 4.69) is 4.99 Å². The van der Waals surface area contributed by atoms with E-state index in [1.807, 2.05) is 10.3 Å². The molecule has 0 fully saturated rings. The van der Waals surface area contributed by atoms with E-state index in [9.17, 15) is 14.9 Å². The summed E-state index contributed by atoms with van der Waals surface area (Å²) in [7, 11) is 0. The number of benzene rings is 1. The molecule has 116 valence electrons. The number of rotatable bonds is 4. The molecular weight excluding hydrogens is 328 g/mol. The van der Waals surface area contributed by atoms with Crippen molar-refractivity contribution >= 4 is 46.6 Å². The molecule has 0 aliphatic carbocycles. The standard InChI is InChI=1S/C13H12N4O3S.ClH/c14-12(18)6-9-2-1-8(5-10(9)17(19)20)11-7-21-13-15-3-4-16(11)13;/h1-2,5,7H,3-4,6H2,(H2,14,18);1H. The lowest BCUT2D eigenvalue weighted by molar-refractivity contribution is -0.385. The Labute approximate surface area is 136 Å². The third kappa shape index (κ3) is 2.93. The Kier molecular flexibility index (Phi) is 4.72. The molecule has 0 spiro atoms. The SMILES string of the molecule is Cl.NC(=O)Cc1ccc(C2=CSC3=NCCN23)cc1[N+](=O)[O-]. The van der Waals surface area contributed by atoms with Crippen LogP contribution in [0.5, 0.6) is 0 Å². The number of carbonyl (C=O) groups is 1. The summed E-state index contributed by atoms with van der Waals surface area (Å²) in [5.41, 5.74) is 7.03. The Morgan fingerprint density at radius 3 is 2.95 bits per heavy atom. The van der Waals surface area contributed by atoms with Gasteiger partial charge in [0.2, 0.25) is 5.91 Å². The van der Waals surface area contributed by atoms with Gasteiger partial charge in [-0.15, -0.1) is 12.4 Å². The number of fused-ring (bicyclic) bond motifs is 1. The number of amides is 1. The Bertz CT molecular complexity index is 705. The van der Waals surface area contributed by atoms with Gasteiger partial charge in [0.25, 0.3) is 5.69 Å². The quantitative estimate of drug-likeness (QED) is 0.664. The molecule has 2 heterocycles. The van der Waals surface area contributed by atoms with E-state index in [1.54, 1.807) is 12.1 Å². The number of hydrogen-bond donors (Lipinski definition) is 1. The highest BCUT2D eigenvalue weighted by molar-refractivity contribution is 8.16. The normalized spacial score (nSPS) is 15.7. The van der Waals surface area contributed by atoms with Crippen LogP contribution in [0, 0.1) is 10.1 Å². The molecule has 0 radical (unpaired) electrons.